The molecule has 0 heterocycles. The maximum Gasteiger partial charge on any atom is 0.234 e. The van der Waals surface area contributed by atoms with Crippen molar-refractivity contribution in [1.82, 2.24) is 10.2 Å². The largest absolute Gasteiger partial charge is 0.352 e. The van der Waals surface area contributed by atoms with E-state index in [1.807, 2.05) is 18.2 Å². The molecule has 0 bridgehead atoms. The predicted molar refractivity (Wildman–Crippen MR) is 97.6 cm³/mol. The van der Waals surface area contributed by atoms with E-state index in [2.05, 4.69) is 29.3 Å². The molecule has 5 heteroatoms. The summed E-state index contributed by atoms with van der Waals surface area (Å²) in [7, 11) is 0. The summed E-state index contributed by atoms with van der Waals surface area (Å²) in [5.41, 5.74) is 6.91. The molecule has 1 fully saturated rings. The molecule has 23 heavy (non-hydrogen) atoms. The Labute approximate surface area is 146 Å². The molecule has 0 aliphatic heterocycles. The Hall–Kier alpha value is -1.10. The fraction of sp³-hybridized carbons (Fsp3) is 0.611. The SMILES string of the molecule is CC1CCCCC1NC(=O)CN(CCN)Cc1ccccc1.Cl. The van der Waals surface area contributed by atoms with Gasteiger partial charge in [-0.15, -0.1) is 12.4 Å². The average molecular weight is 340 g/mol. The number of rotatable bonds is 7. The first-order chi connectivity index (χ1) is 10.7. The number of carbonyl (C=O) groups excluding carboxylic acids is 1. The van der Waals surface area contributed by atoms with E-state index in [-0.39, 0.29) is 18.3 Å². The summed E-state index contributed by atoms with van der Waals surface area (Å²) in [5, 5.41) is 3.22. The minimum absolute atomic E-state index is 0. The van der Waals surface area contributed by atoms with Crippen molar-refractivity contribution >= 4 is 18.3 Å². The molecule has 2 atom stereocenters. The minimum atomic E-state index is 0. The van der Waals surface area contributed by atoms with Crippen LogP contribution in [-0.2, 0) is 11.3 Å². The highest BCUT2D eigenvalue weighted by Gasteiger charge is 2.23. The zero-order chi connectivity index (χ0) is 15.8. The van der Waals surface area contributed by atoms with Crippen molar-refractivity contribution in [2.24, 2.45) is 11.7 Å². The Bertz CT molecular complexity index is 455. The lowest BCUT2D eigenvalue weighted by molar-refractivity contribution is -0.123. The van der Waals surface area contributed by atoms with Gasteiger partial charge >= 0.3 is 0 Å². The summed E-state index contributed by atoms with van der Waals surface area (Å²) in [6.07, 6.45) is 4.86. The average Bonchev–Trinajstić information content (AvgIpc) is 2.51. The van der Waals surface area contributed by atoms with Gasteiger partial charge in [-0.3, -0.25) is 9.69 Å². The number of halogens is 1. The number of hydrogen-bond acceptors (Lipinski definition) is 3. The molecule has 1 amide bonds. The van der Waals surface area contributed by atoms with Crippen molar-refractivity contribution in [1.29, 1.82) is 0 Å². The molecule has 1 aromatic rings. The number of hydrogen-bond donors (Lipinski definition) is 2. The van der Waals surface area contributed by atoms with E-state index in [0.29, 0.717) is 25.0 Å². The molecule has 3 N–H and O–H groups in total. The maximum absolute atomic E-state index is 12.3. The van der Waals surface area contributed by atoms with Crippen LogP contribution in [0.4, 0.5) is 0 Å². The third-order valence-electron chi connectivity index (χ3n) is 4.52. The topological polar surface area (TPSA) is 58.4 Å². The second-order valence-electron chi connectivity index (χ2n) is 6.42. The highest BCUT2D eigenvalue weighted by Crippen LogP contribution is 2.23. The third kappa shape index (κ3) is 6.90. The molecule has 0 aromatic heterocycles. The Morgan fingerprint density at radius 1 is 1.26 bits per heavy atom. The van der Waals surface area contributed by atoms with Crippen LogP contribution in [0.2, 0.25) is 0 Å². The van der Waals surface area contributed by atoms with Gasteiger partial charge in [0.1, 0.15) is 0 Å². The normalized spacial score (nSPS) is 20.8. The molecule has 1 aliphatic rings. The van der Waals surface area contributed by atoms with Gasteiger partial charge in [-0.25, -0.2) is 0 Å². The first-order valence-corrected chi connectivity index (χ1v) is 8.44. The Kier molecular flexibility index (Phi) is 9.22. The Morgan fingerprint density at radius 2 is 1.96 bits per heavy atom. The lowest BCUT2D eigenvalue weighted by atomic mass is 9.86. The van der Waals surface area contributed by atoms with Crippen LogP contribution in [0.3, 0.4) is 0 Å². The molecule has 2 rings (SSSR count). The van der Waals surface area contributed by atoms with Crippen LogP contribution in [0.25, 0.3) is 0 Å². The van der Waals surface area contributed by atoms with Crippen molar-refractivity contribution in [2.75, 3.05) is 19.6 Å². The summed E-state index contributed by atoms with van der Waals surface area (Å²) >= 11 is 0. The van der Waals surface area contributed by atoms with E-state index >= 15 is 0 Å². The molecule has 0 radical (unpaired) electrons. The lowest BCUT2D eigenvalue weighted by Crippen LogP contribution is -2.46. The van der Waals surface area contributed by atoms with Crippen molar-refractivity contribution < 1.29 is 4.79 Å². The quantitative estimate of drug-likeness (QED) is 0.802. The van der Waals surface area contributed by atoms with Crippen LogP contribution < -0.4 is 11.1 Å². The highest BCUT2D eigenvalue weighted by molar-refractivity contribution is 5.85. The predicted octanol–water partition coefficient (Wildman–Crippen LogP) is 2.56. The third-order valence-corrected chi connectivity index (χ3v) is 4.52. The first-order valence-electron chi connectivity index (χ1n) is 8.44. The van der Waals surface area contributed by atoms with Gasteiger partial charge in [0, 0.05) is 25.7 Å². The molecule has 130 valence electrons. The van der Waals surface area contributed by atoms with Gasteiger partial charge in [0.05, 0.1) is 6.54 Å². The summed E-state index contributed by atoms with van der Waals surface area (Å²) in [5.74, 6) is 0.720. The second kappa shape index (κ2) is 10.6. The van der Waals surface area contributed by atoms with Gasteiger partial charge < -0.3 is 11.1 Å². The summed E-state index contributed by atoms with van der Waals surface area (Å²) < 4.78 is 0. The first kappa shape index (κ1) is 19.9. The fourth-order valence-electron chi connectivity index (χ4n) is 3.22. The Morgan fingerprint density at radius 3 is 2.61 bits per heavy atom. The van der Waals surface area contributed by atoms with E-state index in [1.54, 1.807) is 0 Å². The smallest absolute Gasteiger partial charge is 0.234 e. The van der Waals surface area contributed by atoms with Gasteiger partial charge in [0.15, 0.2) is 0 Å². The van der Waals surface area contributed by atoms with E-state index in [1.165, 1.54) is 24.8 Å². The zero-order valence-electron chi connectivity index (χ0n) is 14.0. The standard InChI is InChI=1S/C18H29N3O.ClH/c1-15-7-5-6-10-17(15)20-18(22)14-21(12-11-19)13-16-8-3-2-4-9-16;/h2-4,8-9,15,17H,5-7,10-14,19H2,1H3,(H,20,22);1H. The summed E-state index contributed by atoms with van der Waals surface area (Å²) in [4.78, 5) is 14.5. The van der Waals surface area contributed by atoms with Crippen LogP contribution in [0.5, 0.6) is 0 Å². The Balaban J connectivity index is 0.00000264. The van der Waals surface area contributed by atoms with Crippen LogP contribution in [0.1, 0.15) is 38.2 Å². The van der Waals surface area contributed by atoms with Crippen LogP contribution >= 0.6 is 12.4 Å². The number of nitrogens with two attached hydrogens (primary N) is 1. The fourth-order valence-corrected chi connectivity index (χ4v) is 3.22. The minimum Gasteiger partial charge on any atom is -0.352 e. The highest BCUT2D eigenvalue weighted by atomic mass is 35.5. The molecule has 0 saturated heterocycles. The van der Waals surface area contributed by atoms with Crippen LogP contribution in [0, 0.1) is 5.92 Å². The summed E-state index contributed by atoms with van der Waals surface area (Å²) in [6.45, 7) is 4.75. The second-order valence-corrected chi connectivity index (χ2v) is 6.42. The number of benzene rings is 1. The maximum atomic E-state index is 12.3. The van der Waals surface area contributed by atoms with Gasteiger partial charge in [-0.1, -0.05) is 50.1 Å². The number of carbonyl (C=O) groups is 1. The van der Waals surface area contributed by atoms with Crippen molar-refractivity contribution in [2.45, 2.75) is 45.2 Å². The lowest BCUT2D eigenvalue weighted by Gasteiger charge is -2.30. The molecule has 1 aromatic carbocycles. The molecular formula is C18H30ClN3O. The van der Waals surface area contributed by atoms with Crippen LogP contribution in [-0.4, -0.2) is 36.5 Å². The molecule has 1 aliphatic carbocycles. The number of nitrogens with zero attached hydrogens (tertiary/aromatic N) is 1. The monoisotopic (exact) mass is 339 g/mol. The molecule has 1 saturated carbocycles. The van der Waals surface area contributed by atoms with E-state index in [4.69, 9.17) is 5.73 Å². The number of amides is 1. The van der Waals surface area contributed by atoms with Gasteiger partial charge in [-0.2, -0.15) is 0 Å². The van der Waals surface area contributed by atoms with E-state index in [0.717, 1.165) is 19.5 Å². The summed E-state index contributed by atoms with van der Waals surface area (Å²) in [6, 6.07) is 10.6. The van der Waals surface area contributed by atoms with Gasteiger partial charge in [-0.05, 0) is 24.3 Å². The van der Waals surface area contributed by atoms with E-state index < -0.39 is 0 Å². The van der Waals surface area contributed by atoms with Crippen molar-refractivity contribution in [3.05, 3.63) is 35.9 Å². The molecular weight excluding hydrogens is 310 g/mol. The van der Waals surface area contributed by atoms with Crippen molar-refractivity contribution in [3.8, 4) is 0 Å². The van der Waals surface area contributed by atoms with Gasteiger partial charge in [0.25, 0.3) is 0 Å². The van der Waals surface area contributed by atoms with E-state index in [9.17, 15) is 4.79 Å². The number of nitrogens with one attached hydrogen (secondary N) is 1. The molecule has 4 nitrogen and oxygen atoms in total. The molecule has 2 unspecified atom stereocenters. The molecule has 0 spiro atoms. The van der Waals surface area contributed by atoms with Gasteiger partial charge in [0.2, 0.25) is 5.91 Å². The zero-order valence-corrected chi connectivity index (χ0v) is 14.9. The van der Waals surface area contributed by atoms with Crippen molar-refractivity contribution in [3.63, 3.8) is 0 Å². The van der Waals surface area contributed by atoms with Crippen LogP contribution in [0.15, 0.2) is 30.3 Å².